The smallest absolute Gasteiger partial charge is 0.330 e. The molecule has 0 fully saturated rings. The van der Waals surface area contributed by atoms with Crippen LogP contribution < -0.4 is 5.73 Å². The molecule has 0 spiro atoms. The first-order valence-electron chi connectivity index (χ1n) is 4.54. The Bertz CT molecular complexity index is 340. The van der Waals surface area contributed by atoms with Gasteiger partial charge in [0.25, 0.3) is 0 Å². The minimum absolute atomic E-state index is 0.0507. The van der Waals surface area contributed by atoms with Crippen LogP contribution in [0.1, 0.15) is 5.56 Å². The molecule has 0 saturated heterocycles. The molecule has 0 aliphatic heterocycles. The Morgan fingerprint density at radius 2 is 1.56 bits per heavy atom. The summed E-state index contributed by atoms with van der Waals surface area (Å²) >= 11 is 0. The van der Waals surface area contributed by atoms with Crippen molar-refractivity contribution in [2.24, 2.45) is 11.7 Å². The molecule has 6 heteroatoms. The van der Waals surface area contributed by atoms with E-state index in [4.69, 9.17) is 5.73 Å². The van der Waals surface area contributed by atoms with Crippen LogP contribution in [0.5, 0.6) is 0 Å². The number of halogens is 5. The summed E-state index contributed by atoms with van der Waals surface area (Å²) in [5, 5.41) is 0. The van der Waals surface area contributed by atoms with Crippen LogP contribution in [0.25, 0.3) is 0 Å². The topological polar surface area (TPSA) is 26.0 Å². The molecular weight excluding hydrogens is 229 g/mol. The largest absolute Gasteiger partial charge is 0.393 e. The lowest BCUT2D eigenvalue weighted by Crippen LogP contribution is -2.32. The summed E-state index contributed by atoms with van der Waals surface area (Å²) < 4.78 is 62.5. The van der Waals surface area contributed by atoms with Gasteiger partial charge in [0.1, 0.15) is 11.6 Å². The molecule has 0 amide bonds. The van der Waals surface area contributed by atoms with Crippen molar-refractivity contribution in [3.8, 4) is 0 Å². The van der Waals surface area contributed by atoms with Gasteiger partial charge in [0.15, 0.2) is 0 Å². The van der Waals surface area contributed by atoms with Gasteiger partial charge in [-0.1, -0.05) is 0 Å². The van der Waals surface area contributed by atoms with Gasteiger partial charge < -0.3 is 5.73 Å². The fraction of sp³-hybridized carbons (Fsp3) is 0.400. The van der Waals surface area contributed by atoms with Crippen molar-refractivity contribution in [3.05, 3.63) is 35.4 Å². The molecule has 1 rings (SSSR count). The number of hydrogen-bond donors (Lipinski definition) is 1. The van der Waals surface area contributed by atoms with E-state index in [1.807, 2.05) is 0 Å². The highest BCUT2D eigenvalue weighted by molar-refractivity contribution is 5.18. The van der Waals surface area contributed by atoms with Crippen molar-refractivity contribution < 1.29 is 22.0 Å². The molecule has 1 atom stereocenters. The van der Waals surface area contributed by atoms with Gasteiger partial charge in [-0.2, -0.15) is 13.2 Å². The Morgan fingerprint density at radius 3 is 1.94 bits per heavy atom. The van der Waals surface area contributed by atoms with E-state index < -0.39 is 36.7 Å². The summed E-state index contributed by atoms with van der Waals surface area (Å²) in [5.41, 5.74) is 4.92. The summed E-state index contributed by atoms with van der Waals surface area (Å²) in [7, 11) is 0. The Balaban J connectivity index is 2.86. The Kier molecular flexibility index (Phi) is 3.85. The molecule has 0 aliphatic carbocycles. The Hall–Kier alpha value is -1.17. The van der Waals surface area contributed by atoms with Gasteiger partial charge in [0, 0.05) is 12.6 Å². The average Bonchev–Trinajstić information content (AvgIpc) is 2.10. The van der Waals surface area contributed by atoms with E-state index in [1.165, 1.54) is 0 Å². The van der Waals surface area contributed by atoms with Crippen LogP contribution in [0.4, 0.5) is 22.0 Å². The van der Waals surface area contributed by atoms with Crippen molar-refractivity contribution in [2.75, 3.05) is 6.54 Å². The number of hydrogen-bond acceptors (Lipinski definition) is 1. The second kappa shape index (κ2) is 4.78. The molecule has 1 aromatic carbocycles. The number of benzene rings is 1. The Labute approximate surface area is 89.1 Å². The molecule has 1 aromatic rings. The Morgan fingerprint density at radius 1 is 1.06 bits per heavy atom. The van der Waals surface area contributed by atoms with Crippen LogP contribution in [0.3, 0.4) is 0 Å². The third-order valence-electron chi connectivity index (χ3n) is 2.15. The van der Waals surface area contributed by atoms with Crippen LogP contribution in [0.15, 0.2) is 18.2 Å². The second-order valence-electron chi connectivity index (χ2n) is 3.46. The third-order valence-corrected chi connectivity index (χ3v) is 2.15. The molecule has 0 bridgehead atoms. The molecule has 0 aliphatic rings. The summed E-state index contributed by atoms with van der Waals surface area (Å²) in [4.78, 5) is 0. The summed E-state index contributed by atoms with van der Waals surface area (Å²) in [6, 6.07) is 2.35. The van der Waals surface area contributed by atoms with E-state index in [0.717, 1.165) is 12.1 Å². The van der Waals surface area contributed by atoms with E-state index in [-0.39, 0.29) is 5.56 Å². The van der Waals surface area contributed by atoms with Crippen molar-refractivity contribution in [2.45, 2.75) is 12.6 Å². The van der Waals surface area contributed by atoms with Crippen molar-refractivity contribution >= 4 is 0 Å². The number of rotatable bonds is 3. The molecule has 0 aromatic heterocycles. The van der Waals surface area contributed by atoms with E-state index in [2.05, 4.69) is 0 Å². The fourth-order valence-corrected chi connectivity index (χ4v) is 1.35. The quantitative estimate of drug-likeness (QED) is 0.806. The highest BCUT2D eigenvalue weighted by Gasteiger charge is 2.38. The molecule has 1 unspecified atom stereocenters. The molecule has 0 saturated carbocycles. The third kappa shape index (κ3) is 3.44. The lowest BCUT2D eigenvalue weighted by molar-refractivity contribution is -0.171. The average molecular weight is 239 g/mol. The maximum atomic E-state index is 12.7. The van der Waals surface area contributed by atoms with Gasteiger partial charge in [-0.3, -0.25) is 0 Å². The van der Waals surface area contributed by atoms with Crippen molar-refractivity contribution in [3.63, 3.8) is 0 Å². The minimum Gasteiger partial charge on any atom is -0.330 e. The second-order valence-corrected chi connectivity index (χ2v) is 3.46. The zero-order valence-corrected chi connectivity index (χ0v) is 8.19. The maximum absolute atomic E-state index is 12.7. The summed E-state index contributed by atoms with van der Waals surface area (Å²) in [6.07, 6.45) is -4.98. The SMILES string of the molecule is NCC(Cc1cc(F)cc(F)c1)C(F)(F)F. The zero-order chi connectivity index (χ0) is 12.3. The van der Waals surface area contributed by atoms with Gasteiger partial charge in [-0.15, -0.1) is 0 Å². The summed E-state index contributed by atoms with van der Waals surface area (Å²) in [6.45, 7) is -0.609. The van der Waals surface area contributed by atoms with Crippen molar-refractivity contribution in [1.29, 1.82) is 0 Å². The van der Waals surface area contributed by atoms with E-state index in [9.17, 15) is 22.0 Å². The van der Waals surface area contributed by atoms with Gasteiger partial charge >= 0.3 is 6.18 Å². The van der Waals surface area contributed by atoms with Crippen molar-refractivity contribution in [1.82, 2.24) is 0 Å². The monoisotopic (exact) mass is 239 g/mol. The molecular formula is C10H10F5N. The van der Waals surface area contributed by atoms with Crippen LogP contribution in [0, 0.1) is 17.6 Å². The molecule has 0 radical (unpaired) electrons. The molecule has 16 heavy (non-hydrogen) atoms. The van der Waals surface area contributed by atoms with E-state index in [1.54, 1.807) is 0 Å². The zero-order valence-electron chi connectivity index (χ0n) is 8.19. The number of alkyl halides is 3. The van der Waals surface area contributed by atoms with Gasteiger partial charge in [-0.05, 0) is 24.1 Å². The summed E-state index contributed by atoms with van der Waals surface area (Å²) in [5.74, 6) is -3.57. The minimum atomic E-state index is -4.46. The molecule has 0 heterocycles. The highest BCUT2D eigenvalue weighted by Crippen LogP contribution is 2.28. The van der Waals surface area contributed by atoms with Crippen LogP contribution in [0.2, 0.25) is 0 Å². The molecule has 90 valence electrons. The molecule has 2 N–H and O–H groups in total. The normalized spacial score (nSPS) is 13.9. The first-order chi connectivity index (χ1) is 7.32. The van der Waals surface area contributed by atoms with Gasteiger partial charge in [0.05, 0.1) is 5.92 Å². The lowest BCUT2D eigenvalue weighted by Gasteiger charge is -2.18. The van der Waals surface area contributed by atoms with Crippen LogP contribution in [-0.4, -0.2) is 12.7 Å². The van der Waals surface area contributed by atoms with Crippen LogP contribution >= 0.6 is 0 Å². The standard InChI is InChI=1S/C10H10F5N/c11-8-2-6(3-9(12)4-8)1-7(5-16)10(13,14)15/h2-4,7H,1,5,16H2. The van der Waals surface area contributed by atoms with Gasteiger partial charge in [0.2, 0.25) is 0 Å². The fourth-order valence-electron chi connectivity index (χ4n) is 1.35. The maximum Gasteiger partial charge on any atom is 0.393 e. The van der Waals surface area contributed by atoms with Gasteiger partial charge in [-0.25, -0.2) is 8.78 Å². The molecule has 1 nitrogen and oxygen atoms in total. The first-order valence-corrected chi connectivity index (χ1v) is 4.54. The number of nitrogens with two attached hydrogens (primary N) is 1. The predicted octanol–water partition coefficient (Wildman–Crippen LogP) is 2.64. The predicted molar refractivity (Wildman–Crippen MR) is 48.7 cm³/mol. The lowest BCUT2D eigenvalue weighted by atomic mass is 9.99. The van der Waals surface area contributed by atoms with Crippen LogP contribution in [-0.2, 0) is 6.42 Å². The van der Waals surface area contributed by atoms with E-state index >= 15 is 0 Å². The first kappa shape index (κ1) is 12.9. The van der Waals surface area contributed by atoms with E-state index in [0.29, 0.717) is 6.07 Å². The highest BCUT2D eigenvalue weighted by atomic mass is 19.4.